The number of nitrogens with one attached hydrogen (secondary N) is 2. The van der Waals surface area contributed by atoms with Gasteiger partial charge in [0.2, 0.25) is 5.91 Å². The van der Waals surface area contributed by atoms with Crippen molar-refractivity contribution in [2.75, 3.05) is 32.8 Å². The zero-order chi connectivity index (χ0) is 10.2. The summed E-state index contributed by atoms with van der Waals surface area (Å²) in [7, 11) is 0. The molecule has 14 heavy (non-hydrogen) atoms. The minimum absolute atomic E-state index is 0.00203. The first kappa shape index (κ1) is 11.5. The monoisotopic (exact) mass is 200 g/mol. The summed E-state index contributed by atoms with van der Waals surface area (Å²) in [5.74, 6) is 0.590. The third-order valence-corrected chi connectivity index (χ3v) is 2.32. The van der Waals surface area contributed by atoms with Crippen molar-refractivity contribution in [3.05, 3.63) is 0 Å². The third-order valence-electron chi connectivity index (χ3n) is 2.32. The van der Waals surface area contributed by atoms with Crippen molar-refractivity contribution >= 4 is 5.91 Å². The van der Waals surface area contributed by atoms with Crippen molar-refractivity contribution in [2.45, 2.75) is 19.8 Å². The number of carbonyl (C=O) groups is 1. The summed E-state index contributed by atoms with van der Waals surface area (Å²) in [6, 6.07) is 0. The fraction of sp³-hybridized carbons (Fsp3) is 0.900. The molecule has 1 saturated heterocycles. The first-order valence-electron chi connectivity index (χ1n) is 5.38. The smallest absolute Gasteiger partial charge is 0.245 e. The molecule has 1 atom stereocenters. The summed E-state index contributed by atoms with van der Waals surface area (Å²) in [5.41, 5.74) is 0. The van der Waals surface area contributed by atoms with E-state index in [1.165, 1.54) is 0 Å². The Balaban J connectivity index is 1.94. The van der Waals surface area contributed by atoms with Gasteiger partial charge in [-0.3, -0.25) is 4.79 Å². The van der Waals surface area contributed by atoms with Gasteiger partial charge in [-0.15, -0.1) is 0 Å². The molecule has 4 heteroatoms. The van der Waals surface area contributed by atoms with Crippen LogP contribution in [0.3, 0.4) is 0 Å². The zero-order valence-electron chi connectivity index (χ0n) is 8.84. The predicted molar refractivity (Wildman–Crippen MR) is 55.1 cm³/mol. The molecule has 82 valence electrons. The summed E-state index contributed by atoms with van der Waals surface area (Å²) in [6.45, 7) is 5.79. The van der Waals surface area contributed by atoms with E-state index < -0.39 is 0 Å². The molecule has 2 N–H and O–H groups in total. The third kappa shape index (κ3) is 4.58. The van der Waals surface area contributed by atoms with Crippen molar-refractivity contribution < 1.29 is 9.53 Å². The van der Waals surface area contributed by atoms with Gasteiger partial charge in [0.25, 0.3) is 0 Å². The second kappa shape index (κ2) is 6.79. The highest BCUT2D eigenvalue weighted by molar-refractivity contribution is 5.77. The van der Waals surface area contributed by atoms with Gasteiger partial charge >= 0.3 is 0 Å². The van der Waals surface area contributed by atoms with Crippen LogP contribution >= 0.6 is 0 Å². The van der Waals surface area contributed by atoms with Gasteiger partial charge in [-0.2, -0.15) is 0 Å². The van der Waals surface area contributed by atoms with Gasteiger partial charge in [-0.1, -0.05) is 6.92 Å². The lowest BCUT2D eigenvalue weighted by atomic mass is 10.1. The van der Waals surface area contributed by atoms with Crippen LogP contribution in [0.15, 0.2) is 0 Å². The number of carbonyl (C=O) groups excluding carboxylic acids is 1. The van der Waals surface area contributed by atoms with Crippen molar-refractivity contribution in [1.82, 2.24) is 10.6 Å². The molecule has 0 radical (unpaired) electrons. The fourth-order valence-electron chi connectivity index (χ4n) is 1.49. The van der Waals surface area contributed by atoms with Gasteiger partial charge in [-0.05, 0) is 25.3 Å². The van der Waals surface area contributed by atoms with E-state index in [2.05, 4.69) is 10.6 Å². The summed E-state index contributed by atoms with van der Waals surface area (Å²) in [5, 5.41) is 6.04. The van der Waals surface area contributed by atoms with Crippen LogP contribution in [0, 0.1) is 5.92 Å². The molecule has 1 fully saturated rings. The highest BCUT2D eigenvalue weighted by Crippen LogP contribution is 2.06. The molecule has 4 nitrogen and oxygen atoms in total. The van der Waals surface area contributed by atoms with E-state index in [4.69, 9.17) is 4.74 Å². The first-order chi connectivity index (χ1) is 6.83. The topological polar surface area (TPSA) is 50.4 Å². The van der Waals surface area contributed by atoms with Crippen LogP contribution in [0.1, 0.15) is 19.8 Å². The molecular formula is C10H20N2O2. The molecule has 0 aromatic carbocycles. The Bertz CT molecular complexity index is 168. The highest BCUT2D eigenvalue weighted by atomic mass is 16.5. The Morgan fingerprint density at radius 2 is 2.50 bits per heavy atom. The van der Waals surface area contributed by atoms with E-state index in [0.29, 0.717) is 12.5 Å². The Morgan fingerprint density at radius 3 is 3.14 bits per heavy atom. The number of rotatable bonds is 6. The quantitative estimate of drug-likeness (QED) is 0.641. The molecule has 1 amide bonds. The molecule has 0 aliphatic carbocycles. The van der Waals surface area contributed by atoms with Crippen LogP contribution in [0.2, 0.25) is 0 Å². The normalized spacial score (nSPS) is 21.1. The van der Waals surface area contributed by atoms with Gasteiger partial charge in [-0.25, -0.2) is 0 Å². The Labute approximate surface area is 85.4 Å². The lowest BCUT2D eigenvalue weighted by Crippen LogP contribution is -2.29. The summed E-state index contributed by atoms with van der Waals surface area (Å²) in [6.07, 6.45) is 2.13. The molecule has 0 saturated carbocycles. The average Bonchev–Trinajstić information content (AvgIpc) is 2.67. The van der Waals surface area contributed by atoms with E-state index in [1.807, 2.05) is 6.92 Å². The number of hydrogen-bond donors (Lipinski definition) is 2. The van der Waals surface area contributed by atoms with Gasteiger partial charge in [0.15, 0.2) is 0 Å². The minimum atomic E-state index is -0.00203. The molecule has 1 heterocycles. The van der Waals surface area contributed by atoms with Crippen molar-refractivity contribution in [2.24, 2.45) is 5.92 Å². The van der Waals surface area contributed by atoms with E-state index >= 15 is 0 Å². The maximum atomic E-state index is 11.1. The SMILES string of the molecule is CCCNC(=O)COCC1CCNC1. The zero-order valence-corrected chi connectivity index (χ0v) is 8.84. The number of hydrogen-bond acceptors (Lipinski definition) is 3. The molecule has 1 rings (SSSR count). The van der Waals surface area contributed by atoms with Crippen LogP contribution in [0.25, 0.3) is 0 Å². The lowest BCUT2D eigenvalue weighted by Gasteiger charge is -2.09. The molecule has 0 bridgehead atoms. The van der Waals surface area contributed by atoms with Crippen molar-refractivity contribution in [3.8, 4) is 0 Å². The van der Waals surface area contributed by atoms with Crippen LogP contribution in [0.5, 0.6) is 0 Å². The maximum Gasteiger partial charge on any atom is 0.245 e. The number of ether oxygens (including phenoxy) is 1. The summed E-state index contributed by atoms with van der Waals surface area (Å²) < 4.78 is 5.32. The molecule has 0 aromatic heterocycles. The average molecular weight is 200 g/mol. The lowest BCUT2D eigenvalue weighted by molar-refractivity contribution is -0.126. The molecule has 0 aromatic rings. The molecular weight excluding hydrogens is 180 g/mol. The second-order valence-electron chi connectivity index (χ2n) is 3.72. The van der Waals surface area contributed by atoms with Crippen LogP contribution in [-0.4, -0.2) is 38.8 Å². The van der Waals surface area contributed by atoms with E-state index in [-0.39, 0.29) is 12.5 Å². The Kier molecular flexibility index (Phi) is 5.56. The second-order valence-corrected chi connectivity index (χ2v) is 3.72. The van der Waals surface area contributed by atoms with Gasteiger partial charge in [0.1, 0.15) is 6.61 Å². The van der Waals surface area contributed by atoms with Crippen LogP contribution in [0.4, 0.5) is 0 Å². The molecule has 0 spiro atoms. The maximum absolute atomic E-state index is 11.1. The van der Waals surface area contributed by atoms with Crippen molar-refractivity contribution in [3.63, 3.8) is 0 Å². The highest BCUT2D eigenvalue weighted by Gasteiger charge is 2.14. The minimum Gasteiger partial charge on any atom is -0.371 e. The van der Waals surface area contributed by atoms with E-state index in [9.17, 15) is 4.79 Å². The first-order valence-corrected chi connectivity index (χ1v) is 5.38. The Morgan fingerprint density at radius 1 is 1.64 bits per heavy atom. The van der Waals surface area contributed by atoms with Crippen LogP contribution < -0.4 is 10.6 Å². The number of amides is 1. The van der Waals surface area contributed by atoms with Crippen LogP contribution in [-0.2, 0) is 9.53 Å². The van der Waals surface area contributed by atoms with E-state index in [0.717, 1.165) is 32.5 Å². The van der Waals surface area contributed by atoms with Gasteiger partial charge in [0, 0.05) is 13.1 Å². The summed E-state index contributed by atoms with van der Waals surface area (Å²) >= 11 is 0. The Hall–Kier alpha value is -0.610. The largest absolute Gasteiger partial charge is 0.371 e. The van der Waals surface area contributed by atoms with Gasteiger partial charge < -0.3 is 15.4 Å². The summed E-state index contributed by atoms with van der Waals surface area (Å²) in [4.78, 5) is 11.1. The predicted octanol–water partition coefficient (Wildman–Crippen LogP) is 0.139. The van der Waals surface area contributed by atoms with Gasteiger partial charge in [0.05, 0.1) is 6.61 Å². The standard InChI is InChI=1S/C10H20N2O2/c1-2-4-12-10(13)8-14-7-9-3-5-11-6-9/h9,11H,2-8H2,1H3,(H,12,13). The molecule has 1 unspecified atom stereocenters. The molecule has 1 aliphatic heterocycles. The molecule has 1 aliphatic rings. The van der Waals surface area contributed by atoms with E-state index in [1.54, 1.807) is 0 Å². The van der Waals surface area contributed by atoms with Crippen molar-refractivity contribution in [1.29, 1.82) is 0 Å². The fourth-order valence-corrected chi connectivity index (χ4v) is 1.49.